The molecule has 0 spiro atoms. The monoisotopic (exact) mass is 373 g/mol. The second kappa shape index (κ2) is 7.01. The van der Waals surface area contributed by atoms with E-state index in [9.17, 15) is 19.8 Å². The molecule has 0 atom stereocenters. The summed E-state index contributed by atoms with van der Waals surface area (Å²) in [5, 5.41) is 19.1. The maximum Gasteiger partial charge on any atom is 0.298 e. The second-order valence-electron chi connectivity index (χ2n) is 5.31. The van der Waals surface area contributed by atoms with Gasteiger partial charge in [-0.2, -0.15) is 0 Å². The van der Waals surface area contributed by atoms with Crippen LogP contribution >= 0.6 is 11.8 Å². The topological polar surface area (TPSA) is 96.3 Å². The number of benzene rings is 2. The van der Waals surface area contributed by atoms with Crippen molar-refractivity contribution in [2.45, 2.75) is 0 Å². The number of rotatable bonds is 4. The number of hydrogen-bond donors (Lipinski definition) is 2. The maximum absolute atomic E-state index is 12.6. The molecule has 1 aliphatic rings. The molecule has 2 N–H and O–H groups in total. The summed E-state index contributed by atoms with van der Waals surface area (Å²) in [7, 11) is 2.79. The lowest BCUT2D eigenvalue weighted by atomic mass is 10.1. The molecule has 1 fully saturated rings. The molecular formula is C18H15NO6S. The van der Waals surface area contributed by atoms with Crippen LogP contribution < -0.4 is 14.4 Å². The van der Waals surface area contributed by atoms with Crippen LogP contribution in [0.1, 0.15) is 5.56 Å². The summed E-state index contributed by atoms with van der Waals surface area (Å²) in [6, 6.07) is 8.96. The number of imide groups is 1. The van der Waals surface area contributed by atoms with E-state index in [1.807, 2.05) is 0 Å². The van der Waals surface area contributed by atoms with Gasteiger partial charge in [0.05, 0.1) is 24.8 Å². The number of methoxy groups -OCH3 is 2. The van der Waals surface area contributed by atoms with Gasteiger partial charge in [-0.1, -0.05) is 6.07 Å². The van der Waals surface area contributed by atoms with Crippen LogP contribution in [-0.2, 0) is 4.79 Å². The number of carbonyl (C=O) groups is 2. The number of aromatic hydroxyl groups is 2. The number of thioether (sulfide) groups is 1. The van der Waals surface area contributed by atoms with Gasteiger partial charge in [0, 0.05) is 6.07 Å². The van der Waals surface area contributed by atoms with Crippen LogP contribution in [0.15, 0.2) is 41.3 Å². The lowest BCUT2D eigenvalue weighted by Crippen LogP contribution is -2.27. The minimum atomic E-state index is -0.503. The summed E-state index contributed by atoms with van der Waals surface area (Å²) in [6.45, 7) is 0. The van der Waals surface area contributed by atoms with Gasteiger partial charge in [-0.25, -0.2) is 4.90 Å². The Morgan fingerprint density at radius 1 is 1.04 bits per heavy atom. The Balaban J connectivity index is 1.98. The summed E-state index contributed by atoms with van der Waals surface area (Å²) in [5.41, 5.74) is 0.815. The summed E-state index contributed by atoms with van der Waals surface area (Å²) >= 11 is 0.781. The first-order valence-corrected chi connectivity index (χ1v) is 8.28. The molecule has 0 aromatic heterocycles. The van der Waals surface area contributed by atoms with Gasteiger partial charge < -0.3 is 19.7 Å². The van der Waals surface area contributed by atoms with Gasteiger partial charge in [0.15, 0.2) is 11.5 Å². The SMILES string of the molecule is COc1cc(/C=C2\SC(=O)N(c3cccc(O)c3)C2=O)cc(OC)c1O. The van der Waals surface area contributed by atoms with Gasteiger partial charge in [-0.15, -0.1) is 0 Å². The van der Waals surface area contributed by atoms with Crippen molar-refractivity contribution < 1.29 is 29.3 Å². The minimum Gasteiger partial charge on any atom is -0.508 e. The van der Waals surface area contributed by atoms with E-state index in [0.29, 0.717) is 5.56 Å². The second-order valence-corrected chi connectivity index (χ2v) is 6.30. The van der Waals surface area contributed by atoms with Crippen LogP contribution in [0.4, 0.5) is 10.5 Å². The number of phenols is 2. The Kier molecular flexibility index (Phi) is 4.77. The molecule has 134 valence electrons. The summed E-state index contributed by atoms with van der Waals surface area (Å²) in [4.78, 5) is 26.1. The Morgan fingerprint density at radius 2 is 1.69 bits per heavy atom. The molecule has 2 aromatic rings. The third-order valence-corrected chi connectivity index (χ3v) is 4.55. The molecule has 0 unspecified atom stereocenters. The molecule has 0 aliphatic carbocycles. The van der Waals surface area contributed by atoms with Gasteiger partial charge in [0.2, 0.25) is 5.75 Å². The van der Waals surface area contributed by atoms with Crippen molar-refractivity contribution in [1.82, 2.24) is 0 Å². The Labute approximate surface area is 153 Å². The average Bonchev–Trinajstić information content (AvgIpc) is 2.89. The van der Waals surface area contributed by atoms with E-state index in [1.165, 1.54) is 44.6 Å². The number of amides is 2. The van der Waals surface area contributed by atoms with Crippen LogP contribution in [-0.4, -0.2) is 35.6 Å². The maximum atomic E-state index is 12.6. The van der Waals surface area contributed by atoms with Gasteiger partial charge >= 0.3 is 0 Å². The molecule has 1 aliphatic heterocycles. The van der Waals surface area contributed by atoms with E-state index < -0.39 is 11.1 Å². The molecule has 2 aromatic carbocycles. The molecule has 0 bridgehead atoms. The molecule has 0 saturated carbocycles. The van der Waals surface area contributed by atoms with Crippen LogP contribution in [0.5, 0.6) is 23.0 Å². The zero-order chi connectivity index (χ0) is 18.8. The molecular weight excluding hydrogens is 358 g/mol. The molecule has 7 nitrogen and oxygen atoms in total. The Morgan fingerprint density at radius 3 is 2.27 bits per heavy atom. The van der Waals surface area contributed by atoms with Crippen molar-refractivity contribution in [3.63, 3.8) is 0 Å². The normalized spacial score (nSPS) is 15.6. The first-order valence-electron chi connectivity index (χ1n) is 7.46. The quantitative estimate of drug-likeness (QED) is 0.793. The van der Waals surface area contributed by atoms with E-state index in [1.54, 1.807) is 12.1 Å². The van der Waals surface area contributed by atoms with Crippen molar-refractivity contribution in [3.05, 3.63) is 46.9 Å². The van der Waals surface area contributed by atoms with E-state index in [2.05, 4.69) is 0 Å². The first kappa shape index (κ1) is 17.7. The largest absolute Gasteiger partial charge is 0.508 e. The highest BCUT2D eigenvalue weighted by atomic mass is 32.2. The number of phenolic OH excluding ortho intramolecular Hbond substituents is 2. The standard InChI is InChI=1S/C18H15NO6S/c1-24-13-6-10(7-14(25-2)16(13)21)8-15-17(22)19(18(23)26-15)11-4-3-5-12(20)9-11/h3-9,20-21H,1-2H3/b15-8-. The van der Waals surface area contributed by atoms with Crippen molar-refractivity contribution in [3.8, 4) is 23.0 Å². The highest BCUT2D eigenvalue weighted by Gasteiger charge is 2.36. The predicted molar refractivity (Wildman–Crippen MR) is 97.8 cm³/mol. The van der Waals surface area contributed by atoms with Gasteiger partial charge in [-0.3, -0.25) is 9.59 Å². The van der Waals surface area contributed by atoms with E-state index in [0.717, 1.165) is 16.7 Å². The fraction of sp³-hybridized carbons (Fsp3) is 0.111. The van der Waals surface area contributed by atoms with E-state index in [4.69, 9.17) is 9.47 Å². The third-order valence-electron chi connectivity index (χ3n) is 3.68. The number of anilines is 1. The molecule has 26 heavy (non-hydrogen) atoms. The van der Waals surface area contributed by atoms with Crippen molar-refractivity contribution in [1.29, 1.82) is 0 Å². The smallest absolute Gasteiger partial charge is 0.298 e. The zero-order valence-electron chi connectivity index (χ0n) is 13.9. The molecule has 8 heteroatoms. The minimum absolute atomic E-state index is 0.0430. The van der Waals surface area contributed by atoms with Crippen molar-refractivity contribution in [2.75, 3.05) is 19.1 Å². The highest BCUT2D eigenvalue weighted by Crippen LogP contribution is 2.40. The highest BCUT2D eigenvalue weighted by molar-refractivity contribution is 8.19. The number of carbonyl (C=O) groups excluding carboxylic acids is 2. The Bertz CT molecular complexity index is 899. The zero-order valence-corrected chi connectivity index (χ0v) is 14.7. The third kappa shape index (κ3) is 3.18. The fourth-order valence-electron chi connectivity index (χ4n) is 2.47. The number of nitrogens with zero attached hydrogens (tertiary/aromatic N) is 1. The summed E-state index contributed by atoms with van der Waals surface area (Å²) in [6.07, 6.45) is 1.51. The van der Waals surface area contributed by atoms with E-state index >= 15 is 0 Å². The molecule has 0 radical (unpaired) electrons. The molecule has 1 heterocycles. The Hall–Kier alpha value is -3.13. The average molecular weight is 373 g/mol. The van der Waals surface area contributed by atoms with Gasteiger partial charge in [-0.05, 0) is 47.7 Å². The predicted octanol–water partition coefficient (Wildman–Crippen LogP) is 3.36. The van der Waals surface area contributed by atoms with Crippen molar-refractivity contribution >= 4 is 34.7 Å². The van der Waals surface area contributed by atoms with Crippen LogP contribution in [0.25, 0.3) is 6.08 Å². The van der Waals surface area contributed by atoms with Crippen LogP contribution in [0.2, 0.25) is 0 Å². The van der Waals surface area contributed by atoms with E-state index in [-0.39, 0.29) is 33.6 Å². The molecule has 2 amide bonds. The summed E-state index contributed by atoms with van der Waals surface area (Å²) < 4.78 is 10.2. The summed E-state index contributed by atoms with van der Waals surface area (Å²) in [5.74, 6) is -0.333. The lowest BCUT2D eigenvalue weighted by molar-refractivity contribution is -0.113. The number of ether oxygens (including phenoxy) is 2. The van der Waals surface area contributed by atoms with Crippen LogP contribution in [0, 0.1) is 0 Å². The van der Waals surface area contributed by atoms with Crippen LogP contribution in [0.3, 0.4) is 0 Å². The molecule has 3 rings (SSSR count). The molecule has 1 saturated heterocycles. The first-order chi connectivity index (χ1) is 12.4. The van der Waals surface area contributed by atoms with Gasteiger partial charge in [0.25, 0.3) is 11.1 Å². The number of hydrogen-bond acceptors (Lipinski definition) is 7. The van der Waals surface area contributed by atoms with Crippen molar-refractivity contribution in [2.24, 2.45) is 0 Å². The lowest BCUT2D eigenvalue weighted by Gasteiger charge is -2.12. The van der Waals surface area contributed by atoms with Gasteiger partial charge in [0.1, 0.15) is 5.75 Å². The fourth-order valence-corrected chi connectivity index (χ4v) is 3.31.